The van der Waals surface area contributed by atoms with Crippen LogP contribution in [0.4, 0.5) is 4.39 Å². The monoisotopic (exact) mass is 504 g/mol. The largest absolute Gasteiger partial charge is 0.493 e. The molecule has 1 aromatic heterocycles. The number of halogens is 1. The molecule has 7 nitrogen and oxygen atoms in total. The number of hydrogen-bond acceptors (Lipinski definition) is 6. The SMILES string of the molecule is COc1cc(/C=C2/C(C)=C(CC(=O)NCc3ccccn3)c3cc(F)ccc32)cc(OC)c1OCCO. The number of pyridine rings is 1. The highest BCUT2D eigenvalue weighted by molar-refractivity contribution is 6.08. The summed E-state index contributed by atoms with van der Waals surface area (Å²) in [5.41, 5.74) is 5.58. The maximum Gasteiger partial charge on any atom is 0.224 e. The minimum atomic E-state index is -0.368. The number of nitrogens with one attached hydrogen (secondary N) is 1. The molecule has 4 rings (SSSR count). The van der Waals surface area contributed by atoms with Crippen LogP contribution in [0.1, 0.15) is 35.7 Å². The molecular formula is C29H29FN2O5. The van der Waals surface area contributed by atoms with Crippen LogP contribution in [0.15, 0.2) is 60.3 Å². The van der Waals surface area contributed by atoms with Gasteiger partial charge in [-0.15, -0.1) is 0 Å². The van der Waals surface area contributed by atoms with Gasteiger partial charge in [0.15, 0.2) is 11.5 Å². The number of rotatable bonds is 10. The first-order chi connectivity index (χ1) is 17.9. The first-order valence-corrected chi connectivity index (χ1v) is 11.8. The van der Waals surface area contributed by atoms with E-state index in [9.17, 15) is 9.18 Å². The second-order valence-corrected chi connectivity index (χ2v) is 8.45. The number of carbonyl (C=O) groups excluding carboxylic acids is 1. The van der Waals surface area contributed by atoms with Gasteiger partial charge in [0.2, 0.25) is 11.7 Å². The van der Waals surface area contributed by atoms with Crippen LogP contribution in [0.3, 0.4) is 0 Å². The quantitative estimate of drug-likeness (QED) is 0.418. The van der Waals surface area contributed by atoms with Gasteiger partial charge in [0.05, 0.1) is 39.5 Å². The third kappa shape index (κ3) is 5.81. The molecule has 0 atom stereocenters. The van der Waals surface area contributed by atoms with E-state index in [4.69, 9.17) is 19.3 Å². The maximum absolute atomic E-state index is 14.3. The van der Waals surface area contributed by atoms with Gasteiger partial charge in [0.25, 0.3) is 0 Å². The molecular weight excluding hydrogens is 475 g/mol. The van der Waals surface area contributed by atoms with Crippen molar-refractivity contribution >= 4 is 23.1 Å². The topological polar surface area (TPSA) is 89.9 Å². The van der Waals surface area contributed by atoms with E-state index < -0.39 is 0 Å². The van der Waals surface area contributed by atoms with Crippen LogP contribution in [0.5, 0.6) is 17.2 Å². The summed E-state index contributed by atoms with van der Waals surface area (Å²) < 4.78 is 30.9. The Balaban J connectivity index is 1.68. The van der Waals surface area contributed by atoms with E-state index in [-0.39, 0.29) is 31.4 Å². The van der Waals surface area contributed by atoms with Crippen LogP contribution in [-0.4, -0.2) is 43.4 Å². The average molecular weight is 505 g/mol. The number of aromatic nitrogens is 1. The van der Waals surface area contributed by atoms with Crippen LogP contribution in [0.2, 0.25) is 0 Å². The van der Waals surface area contributed by atoms with E-state index >= 15 is 0 Å². The third-order valence-electron chi connectivity index (χ3n) is 6.12. The van der Waals surface area contributed by atoms with Crippen molar-refractivity contribution in [1.29, 1.82) is 0 Å². The summed E-state index contributed by atoms with van der Waals surface area (Å²) in [7, 11) is 3.05. The molecule has 3 aromatic rings. The van der Waals surface area contributed by atoms with Crippen LogP contribution in [0, 0.1) is 5.82 Å². The Labute approximate surface area is 215 Å². The number of benzene rings is 2. The molecule has 1 amide bonds. The lowest BCUT2D eigenvalue weighted by Crippen LogP contribution is -2.23. The molecule has 1 heterocycles. The van der Waals surface area contributed by atoms with Gasteiger partial charge in [0, 0.05) is 6.20 Å². The molecule has 2 aromatic carbocycles. The smallest absolute Gasteiger partial charge is 0.224 e. The number of carbonyl (C=O) groups is 1. The second kappa shape index (κ2) is 11.7. The van der Waals surface area contributed by atoms with Crippen LogP contribution >= 0.6 is 0 Å². The number of nitrogens with zero attached hydrogens (tertiary/aromatic N) is 1. The first-order valence-electron chi connectivity index (χ1n) is 11.8. The zero-order chi connectivity index (χ0) is 26.4. The van der Waals surface area contributed by atoms with Crippen molar-refractivity contribution in [3.05, 3.63) is 88.5 Å². The van der Waals surface area contributed by atoms with E-state index in [0.717, 1.165) is 33.5 Å². The number of ether oxygens (including phenoxy) is 3. The molecule has 1 aliphatic carbocycles. The lowest BCUT2D eigenvalue weighted by atomic mass is 10.00. The van der Waals surface area contributed by atoms with E-state index in [1.54, 1.807) is 24.4 Å². The molecule has 0 unspecified atom stereocenters. The van der Waals surface area contributed by atoms with Gasteiger partial charge in [-0.3, -0.25) is 9.78 Å². The maximum atomic E-state index is 14.3. The molecule has 0 fully saturated rings. The van der Waals surface area contributed by atoms with Gasteiger partial charge < -0.3 is 24.6 Å². The zero-order valence-corrected chi connectivity index (χ0v) is 21.0. The van der Waals surface area contributed by atoms with E-state index in [0.29, 0.717) is 29.4 Å². The summed E-state index contributed by atoms with van der Waals surface area (Å²) in [5, 5.41) is 12.0. The number of allylic oxidation sites excluding steroid dienone is 2. The van der Waals surface area contributed by atoms with E-state index in [2.05, 4.69) is 10.3 Å². The molecule has 0 spiro atoms. The third-order valence-corrected chi connectivity index (χ3v) is 6.12. The predicted octanol–water partition coefficient (Wildman–Crippen LogP) is 4.64. The zero-order valence-electron chi connectivity index (χ0n) is 21.0. The van der Waals surface area contributed by atoms with Crippen molar-refractivity contribution < 1.29 is 28.5 Å². The highest BCUT2D eigenvalue weighted by atomic mass is 19.1. The van der Waals surface area contributed by atoms with Crippen molar-refractivity contribution in [1.82, 2.24) is 10.3 Å². The highest BCUT2D eigenvalue weighted by Crippen LogP contribution is 2.45. The van der Waals surface area contributed by atoms with Gasteiger partial charge >= 0.3 is 0 Å². The Morgan fingerprint density at radius 1 is 1.08 bits per heavy atom. The van der Waals surface area contributed by atoms with E-state index in [1.165, 1.54) is 26.4 Å². The minimum absolute atomic E-state index is 0.0969. The normalized spacial score (nSPS) is 13.5. The second-order valence-electron chi connectivity index (χ2n) is 8.45. The van der Waals surface area contributed by atoms with Crippen molar-refractivity contribution in [3.8, 4) is 17.2 Å². The van der Waals surface area contributed by atoms with Crippen molar-refractivity contribution in [2.75, 3.05) is 27.4 Å². The van der Waals surface area contributed by atoms with Gasteiger partial charge in [-0.05, 0) is 82.8 Å². The summed E-state index contributed by atoms with van der Waals surface area (Å²) in [6.45, 7) is 2.20. The van der Waals surface area contributed by atoms with E-state index in [1.807, 2.05) is 31.2 Å². The molecule has 8 heteroatoms. The fourth-order valence-corrected chi connectivity index (χ4v) is 4.34. The van der Waals surface area contributed by atoms with Gasteiger partial charge in [-0.25, -0.2) is 4.39 Å². The first kappa shape index (κ1) is 25.9. The summed E-state index contributed by atoms with van der Waals surface area (Å²) in [4.78, 5) is 17.0. The van der Waals surface area contributed by atoms with Crippen molar-refractivity contribution in [2.45, 2.75) is 19.9 Å². The summed E-state index contributed by atoms with van der Waals surface area (Å²) in [6, 6.07) is 13.7. The summed E-state index contributed by atoms with van der Waals surface area (Å²) in [6.07, 6.45) is 3.73. The fourth-order valence-electron chi connectivity index (χ4n) is 4.34. The number of methoxy groups -OCH3 is 2. The van der Waals surface area contributed by atoms with Crippen LogP contribution in [0.25, 0.3) is 17.2 Å². The van der Waals surface area contributed by atoms with Crippen LogP contribution < -0.4 is 19.5 Å². The lowest BCUT2D eigenvalue weighted by Gasteiger charge is -2.15. The standard InChI is InChI=1S/C29H29FN2O5/c1-18-23(12-19-13-26(35-2)29(37-11-10-33)27(14-19)36-3)22-8-7-20(30)15-25(22)24(18)16-28(34)32-17-21-6-4-5-9-31-21/h4-9,12-15,33H,10-11,16-17H2,1-3H3,(H,32,34)/b23-12-. The molecule has 0 saturated carbocycles. The molecule has 0 aliphatic heterocycles. The number of aliphatic hydroxyl groups excluding tert-OH is 1. The molecule has 0 radical (unpaired) electrons. The van der Waals surface area contributed by atoms with Gasteiger partial charge in [0.1, 0.15) is 12.4 Å². The van der Waals surface area contributed by atoms with Crippen molar-refractivity contribution in [3.63, 3.8) is 0 Å². The highest BCUT2D eigenvalue weighted by Gasteiger charge is 2.26. The van der Waals surface area contributed by atoms with Gasteiger partial charge in [-0.1, -0.05) is 12.1 Å². The summed E-state index contributed by atoms with van der Waals surface area (Å²) >= 11 is 0. The number of hydrogen-bond donors (Lipinski definition) is 2. The Morgan fingerprint density at radius 3 is 2.49 bits per heavy atom. The Kier molecular flexibility index (Phi) is 8.20. The van der Waals surface area contributed by atoms with Gasteiger partial charge in [-0.2, -0.15) is 0 Å². The van der Waals surface area contributed by atoms with Crippen LogP contribution in [-0.2, 0) is 11.3 Å². The molecule has 1 aliphatic rings. The molecule has 2 N–H and O–H groups in total. The molecule has 0 bridgehead atoms. The number of amides is 1. The number of aliphatic hydroxyl groups is 1. The lowest BCUT2D eigenvalue weighted by molar-refractivity contribution is -0.120. The Bertz CT molecular complexity index is 1330. The average Bonchev–Trinajstić information content (AvgIpc) is 3.16. The van der Waals surface area contributed by atoms with Crippen molar-refractivity contribution in [2.24, 2.45) is 0 Å². The fraction of sp³-hybridized carbons (Fsp3) is 0.241. The molecule has 192 valence electrons. The Morgan fingerprint density at radius 2 is 1.84 bits per heavy atom. The molecule has 37 heavy (non-hydrogen) atoms. The molecule has 0 saturated heterocycles. The minimum Gasteiger partial charge on any atom is -0.493 e. The summed E-state index contributed by atoms with van der Waals surface area (Å²) in [5.74, 6) is 0.756. The Hall–Kier alpha value is -4.17. The number of fused-ring (bicyclic) bond motifs is 1. The predicted molar refractivity (Wildman–Crippen MR) is 140 cm³/mol.